The molecule has 5 rings (SSSR count). The molecule has 3 heterocycles. The molecule has 2 aromatic heterocycles. The zero-order chi connectivity index (χ0) is 33.5. The van der Waals surface area contributed by atoms with Crippen molar-refractivity contribution in [3.8, 4) is 34.5 Å². The fourth-order valence-electron chi connectivity index (χ4n) is 5.24. The molecule has 15 nitrogen and oxygen atoms in total. The van der Waals surface area contributed by atoms with E-state index in [4.69, 9.17) is 28.4 Å². The van der Waals surface area contributed by atoms with Crippen LogP contribution in [0.25, 0.3) is 11.0 Å². The summed E-state index contributed by atoms with van der Waals surface area (Å²) in [6.45, 7) is 1.31. The van der Waals surface area contributed by atoms with Gasteiger partial charge in [-0.05, 0) is 25.6 Å². The Morgan fingerprint density at radius 2 is 1.68 bits per heavy atom. The maximum Gasteiger partial charge on any atom is 0.262 e. The number of methoxy groups -OCH3 is 4. The first kappa shape index (κ1) is 32.9. The molecule has 0 saturated carbocycles. The van der Waals surface area contributed by atoms with Crippen molar-refractivity contribution in [3.63, 3.8) is 0 Å². The number of amides is 2. The molecule has 1 aliphatic rings. The molecule has 0 radical (unpaired) electrons. The van der Waals surface area contributed by atoms with Gasteiger partial charge in [0, 0.05) is 62.0 Å². The number of carbonyl (C=O) groups excluding carboxylic acids is 2. The van der Waals surface area contributed by atoms with E-state index in [0.717, 1.165) is 23.9 Å². The number of nitrogens with one attached hydrogen (secondary N) is 3. The second-order valence-corrected chi connectivity index (χ2v) is 10.8. The van der Waals surface area contributed by atoms with Crippen LogP contribution in [0.15, 0.2) is 36.8 Å². The number of rotatable bonds is 8. The molecule has 47 heavy (non-hydrogen) atoms. The first-order valence-corrected chi connectivity index (χ1v) is 14.8. The molecule has 0 saturated heterocycles. The lowest BCUT2D eigenvalue weighted by Crippen LogP contribution is -2.34. The average Bonchev–Trinajstić information content (AvgIpc) is 3.48. The number of nitrogens with zero attached hydrogens (tertiary/aromatic N) is 4. The standard InChI is InChI=1S/C32H39N7O8/c1-38-8-7-9-39(2)27(41)17-46-25-13-21(37-32-28-19(15-38)14-33-31(28)34-18-35-32)12-24(44-5)30(25)47-16-26(40)36-20-10-22(42-3)29(45-6)23(11-20)43-4/h10-14,18H,7-9,15-17H2,1-6H3,(H,36,40)(H2,33,34,35,37). The predicted octanol–water partition coefficient (Wildman–Crippen LogP) is 3.43. The molecule has 0 spiro atoms. The van der Waals surface area contributed by atoms with E-state index in [1.54, 1.807) is 36.2 Å². The monoisotopic (exact) mass is 649 g/mol. The molecule has 0 unspecified atom stereocenters. The van der Waals surface area contributed by atoms with Crippen LogP contribution in [0.1, 0.15) is 12.0 Å². The molecule has 1 aliphatic heterocycles. The Hall–Kier alpha value is -5.44. The first-order chi connectivity index (χ1) is 22.7. The topological polar surface area (TPSA) is 162 Å². The number of benzene rings is 2. The zero-order valence-corrected chi connectivity index (χ0v) is 27.3. The molecule has 4 aromatic rings. The van der Waals surface area contributed by atoms with Crippen LogP contribution in [0.3, 0.4) is 0 Å². The maximum absolute atomic E-state index is 13.0. The number of hydrogen-bond acceptors (Lipinski definition) is 12. The van der Waals surface area contributed by atoms with Crippen molar-refractivity contribution < 1.29 is 38.0 Å². The summed E-state index contributed by atoms with van der Waals surface area (Å²) >= 11 is 0. The van der Waals surface area contributed by atoms with E-state index < -0.39 is 12.5 Å². The molecule has 0 aliphatic carbocycles. The van der Waals surface area contributed by atoms with Crippen molar-refractivity contribution in [2.45, 2.75) is 13.0 Å². The van der Waals surface area contributed by atoms with Gasteiger partial charge in [0.25, 0.3) is 11.8 Å². The number of hydrogen-bond donors (Lipinski definition) is 3. The van der Waals surface area contributed by atoms with Gasteiger partial charge in [-0.2, -0.15) is 0 Å². The molecule has 2 aromatic carbocycles. The Morgan fingerprint density at radius 3 is 2.38 bits per heavy atom. The molecule has 0 fully saturated rings. The van der Waals surface area contributed by atoms with Gasteiger partial charge in [0.05, 0.1) is 33.8 Å². The zero-order valence-electron chi connectivity index (χ0n) is 27.3. The Kier molecular flexibility index (Phi) is 10.3. The average molecular weight is 650 g/mol. The number of ether oxygens (including phenoxy) is 6. The van der Waals surface area contributed by atoms with Crippen molar-refractivity contribution in [1.82, 2.24) is 24.8 Å². The van der Waals surface area contributed by atoms with Crippen molar-refractivity contribution in [2.75, 3.05) is 79.5 Å². The molecule has 15 heteroatoms. The lowest BCUT2D eigenvalue weighted by Gasteiger charge is -2.22. The Labute approximate surface area is 272 Å². The van der Waals surface area contributed by atoms with Gasteiger partial charge in [-0.15, -0.1) is 0 Å². The highest BCUT2D eigenvalue weighted by Gasteiger charge is 2.22. The van der Waals surface area contributed by atoms with E-state index in [-0.39, 0.29) is 29.8 Å². The second kappa shape index (κ2) is 14.8. The van der Waals surface area contributed by atoms with Gasteiger partial charge in [-0.1, -0.05) is 0 Å². The first-order valence-electron chi connectivity index (χ1n) is 14.8. The van der Waals surface area contributed by atoms with Gasteiger partial charge in [0.1, 0.15) is 17.8 Å². The molecular formula is C32H39N7O8. The summed E-state index contributed by atoms with van der Waals surface area (Å²) in [4.78, 5) is 42.0. The summed E-state index contributed by atoms with van der Waals surface area (Å²) in [5.74, 6) is 1.65. The fourth-order valence-corrected chi connectivity index (χ4v) is 5.24. The largest absolute Gasteiger partial charge is 0.493 e. The summed E-state index contributed by atoms with van der Waals surface area (Å²) in [6, 6.07) is 6.57. The van der Waals surface area contributed by atoms with E-state index >= 15 is 0 Å². The molecule has 3 N–H and O–H groups in total. The normalized spacial score (nSPS) is 14.2. The van der Waals surface area contributed by atoms with Gasteiger partial charge in [-0.25, -0.2) is 9.97 Å². The van der Waals surface area contributed by atoms with E-state index in [1.165, 1.54) is 34.8 Å². The minimum atomic E-state index is -0.479. The number of anilines is 3. The number of likely N-dealkylation sites (N-methyl/N-ethyl adjacent to an activating group) is 1. The lowest BCUT2D eigenvalue weighted by atomic mass is 10.2. The summed E-state index contributed by atoms with van der Waals surface area (Å²) in [7, 11) is 9.71. The van der Waals surface area contributed by atoms with Crippen molar-refractivity contribution in [2.24, 2.45) is 0 Å². The van der Waals surface area contributed by atoms with Crippen LogP contribution in [0, 0.1) is 0 Å². The van der Waals surface area contributed by atoms with Crippen LogP contribution in [0.4, 0.5) is 17.2 Å². The van der Waals surface area contributed by atoms with Crippen LogP contribution in [0.5, 0.6) is 34.5 Å². The Balaban J connectivity index is 1.45. The quantitative estimate of drug-likeness (QED) is 0.256. The number of carbonyl (C=O) groups is 2. The van der Waals surface area contributed by atoms with Crippen molar-refractivity contribution >= 4 is 40.0 Å². The number of aromatic nitrogens is 3. The number of H-pyrrole nitrogens is 1. The predicted molar refractivity (Wildman–Crippen MR) is 174 cm³/mol. The van der Waals surface area contributed by atoms with Gasteiger partial charge in [0.15, 0.2) is 36.2 Å². The third-order valence-corrected chi connectivity index (χ3v) is 7.60. The summed E-state index contributed by atoms with van der Waals surface area (Å²) in [6.07, 6.45) is 4.16. The van der Waals surface area contributed by atoms with Crippen LogP contribution in [-0.4, -0.2) is 105 Å². The minimum Gasteiger partial charge on any atom is -0.493 e. The lowest BCUT2D eigenvalue weighted by molar-refractivity contribution is -0.132. The van der Waals surface area contributed by atoms with E-state index in [2.05, 4.69) is 30.5 Å². The highest BCUT2D eigenvalue weighted by Crippen LogP contribution is 2.42. The smallest absolute Gasteiger partial charge is 0.262 e. The highest BCUT2D eigenvalue weighted by molar-refractivity contribution is 5.93. The van der Waals surface area contributed by atoms with Gasteiger partial charge in [-0.3, -0.25) is 9.59 Å². The molecular weight excluding hydrogens is 610 g/mol. The van der Waals surface area contributed by atoms with Crippen molar-refractivity contribution in [3.05, 3.63) is 42.4 Å². The Morgan fingerprint density at radius 1 is 0.957 bits per heavy atom. The Bertz CT molecular complexity index is 1720. The van der Waals surface area contributed by atoms with Crippen LogP contribution in [-0.2, 0) is 16.1 Å². The third kappa shape index (κ3) is 7.52. The van der Waals surface area contributed by atoms with E-state index in [1.807, 2.05) is 13.2 Å². The van der Waals surface area contributed by atoms with E-state index in [0.29, 0.717) is 53.2 Å². The second-order valence-electron chi connectivity index (χ2n) is 10.8. The fraction of sp³-hybridized carbons (Fsp3) is 0.375. The highest BCUT2D eigenvalue weighted by atomic mass is 16.5. The van der Waals surface area contributed by atoms with Gasteiger partial charge in [0.2, 0.25) is 11.5 Å². The molecule has 0 atom stereocenters. The molecule has 2 bridgehead atoms. The summed E-state index contributed by atoms with van der Waals surface area (Å²) in [5, 5.41) is 6.97. The summed E-state index contributed by atoms with van der Waals surface area (Å²) < 4.78 is 33.8. The SMILES string of the molecule is COc1cc(NC(=O)COc2c(OC)cc3cc2OCC(=O)N(C)CCCN(C)Cc2c[nH]c4ncnc(c24)N3)cc(OC)c1OC. The number of aromatic amines is 1. The van der Waals surface area contributed by atoms with Crippen molar-refractivity contribution in [1.29, 1.82) is 0 Å². The van der Waals surface area contributed by atoms with Gasteiger partial charge >= 0.3 is 0 Å². The van der Waals surface area contributed by atoms with Gasteiger partial charge < -0.3 is 53.8 Å². The van der Waals surface area contributed by atoms with E-state index in [9.17, 15) is 9.59 Å². The third-order valence-electron chi connectivity index (χ3n) is 7.60. The molecule has 250 valence electrons. The summed E-state index contributed by atoms with van der Waals surface area (Å²) in [5.41, 5.74) is 2.67. The van der Waals surface area contributed by atoms with Crippen LogP contribution in [0.2, 0.25) is 0 Å². The van der Waals surface area contributed by atoms with Crippen LogP contribution < -0.4 is 39.1 Å². The molecule has 2 amide bonds. The van der Waals surface area contributed by atoms with Crippen LogP contribution >= 0.6 is 0 Å². The maximum atomic E-state index is 13.0. The number of fused-ring (bicyclic) bond motifs is 2. The minimum absolute atomic E-state index is 0.145.